The largest absolute Gasteiger partial charge is 0.302 e. The summed E-state index contributed by atoms with van der Waals surface area (Å²) in [5.74, 6) is 0. The molecule has 7 heteroatoms. The molecule has 0 amide bonds. The summed E-state index contributed by atoms with van der Waals surface area (Å²) in [6.45, 7) is 2.18. The van der Waals surface area contributed by atoms with Crippen molar-refractivity contribution in [3.8, 4) is 0 Å². The number of carbonyl (C=O) groups is 1. The molecule has 2 heterocycles. The average Bonchev–Trinajstić information content (AvgIpc) is 2.76. The van der Waals surface area contributed by atoms with Gasteiger partial charge >= 0.3 is 0 Å². The average molecular weight is 274 g/mol. The van der Waals surface area contributed by atoms with Crippen LogP contribution >= 0.6 is 11.3 Å². The number of thiazole rings is 1. The molecular formula is C10H14N2O3S2. The Morgan fingerprint density at radius 3 is 2.88 bits per heavy atom. The fraction of sp³-hybridized carbons (Fsp3) is 0.600. The van der Waals surface area contributed by atoms with Crippen LogP contribution in [0.3, 0.4) is 0 Å². The molecule has 1 atom stereocenters. The molecule has 0 bridgehead atoms. The second kappa shape index (κ2) is 4.83. The minimum absolute atomic E-state index is 0.226. The van der Waals surface area contributed by atoms with Gasteiger partial charge < -0.3 is 4.79 Å². The van der Waals surface area contributed by atoms with Gasteiger partial charge in [-0.25, -0.2) is 13.4 Å². The molecule has 0 spiro atoms. The van der Waals surface area contributed by atoms with Gasteiger partial charge in [-0.15, -0.1) is 11.3 Å². The van der Waals surface area contributed by atoms with E-state index in [0.29, 0.717) is 18.0 Å². The van der Waals surface area contributed by atoms with E-state index in [2.05, 4.69) is 4.98 Å². The number of carbonyl (C=O) groups excluding carboxylic acids is 1. The highest BCUT2D eigenvalue weighted by molar-refractivity contribution is 7.91. The van der Waals surface area contributed by atoms with E-state index in [-0.39, 0.29) is 4.21 Å². The van der Waals surface area contributed by atoms with E-state index in [1.807, 2.05) is 0 Å². The van der Waals surface area contributed by atoms with Gasteiger partial charge in [-0.05, 0) is 19.8 Å². The van der Waals surface area contributed by atoms with Crippen LogP contribution in [0, 0.1) is 6.92 Å². The third kappa shape index (κ3) is 2.41. The monoisotopic (exact) mass is 274 g/mol. The molecule has 1 aromatic heterocycles. The molecule has 1 saturated heterocycles. The molecule has 1 aliphatic heterocycles. The first-order chi connectivity index (χ1) is 8.05. The second-order valence-electron chi connectivity index (χ2n) is 4.01. The number of rotatable bonds is 3. The number of piperidine rings is 1. The number of hydrogen-bond acceptors (Lipinski definition) is 5. The molecule has 0 aromatic carbocycles. The first-order valence-electron chi connectivity index (χ1n) is 5.45. The van der Waals surface area contributed by atoms with Crippen LogP contribution in [-0.2, 0) is 14.8 Å². The Hall–Kier alpha value is -0.790. The van der Waals surface area contributed by atoms with Gasteiger partial charge in [0.1, 0.15) is 6.29 Å². The lowest BCUT2D eigenvalue weighted by molar-refractivity contribution is -0.111. The highest BCUT2D eigenvalue weighted by atomic mass is 32.2. The number of sulfonamides is 1. The van der Waals surface area contributed by atoms with Crippen molar-refractivity contribution in [2.45, 2.75) is 36.4 Å². The van der Waals surface area contributed by atoms with Crippen LogP contribution in [0.5, 0.6) is 0 Å². The highest BCUT2D eigenvalue weighted by Crippen LogP contribution is 2.27. The van der Waals surface area contributed by atoms with Crippen LogP contribution in [0.15, 0.2) is 10.4 Å². The molecule has 0 aliphatic carbocycles. The van der Waals surface area contributed by atoms with Crippen LogP contribution in [-0.4, -0.2) is 36.6 Å². The molecule has 94 valence electrons. The van der Waals surface area contributed by atoms with Crippen LogP contribution < -0.4 is 0 Å². The van der Waals surface area contributed by atoms with Crippen molar-refractivity contribution in [3.63, 3.8) is 0 Å². The van der Waals surface area contributed by atoms with Gasteiger partial charge in [-0.3, -0.25) is 0 Å². The minimum atomic E-state index is -3.54. The Bertz CT molecular complexity index is 509. The Labute approximate surface area is 105 Å². The van der Waals surface area contributed by atoms with Crippen molar-refractivity contribution < 1.29 is 13.2 Å². The fourth-order valence-electron chi connectivity index (χ4n) is 1.94. The van der Waals surface area contributed by atoms with Crippen LogP contribution in [0.1, 0.15) is 24.3 Å². The third-order valence-corrected chi connectivity index (χ3v) is 6.09. The molecule has 1 aromatic rings. The topological polar surface area (TPSA) is 67.3 Å². The molecule has 1 unspecified atom stereocenters. The van der Waals surface area contributed by atoms with Crippen LogP contribution in [0.25, 0.3) is 0 Å². The predicted octanol–water partition coefficient (Wildman–Crippen LogP) is 1.19. The van der Waals surface area contributed by atoms with E-state index >= 15 is 0 Å². The maximum Gasteiger partial charge on any atom is 0.254 e. The van der Waals surface area contributed by atoms with E-state index in [1.54, 1.807) is 6.92 Å². The third-order valence-electron chi connectivity index (χ3n) is 2.82. The van der Waals surface area contributed by atoms with Gasteiger partial charge in [-0.2, -0.15) is 4.31 Å². The van der Waals surface area contributed by atoms with Gasteiger partial charge in [0.05, 0.1) is 17.2 Å². The number of aryl methyl sites for hydroxylation is 1. The lowest BCUT2D eigenvalue weighted by Crippen LogP contribution is -2.44. The zero-order valence-electron chi connectivity index (χ0n) is 9.50. The number of hydrogen-bond donors (Lipinski definition) is 0. The molecule has 5 nitrogen and oxygen atoms in total. The smallest absolute Gasteiger partial charge is 0.254 e. The van der Waals surface area contributed by atoms with Gasteiger partial charge in [0.2, 0.25) is 0 Å². The summed E-state index contributed by atoms with van der Waals surface area (Å²) in [4.78, 5) is 14.9. The first kappa shape index (κ1) is 12.7. The lowest BCUT2D eigenvalue weighted by atomic mass is 10.1. The summed E-state index contributed by atoms with van der Waals surface area (Å²) in [5.41, 5.74) is 0. The van der Waals surface area contributed by atoms with E-state index in [9.17, 15) is 13.2 Å². The Balaban J connectivity index is 2.34. The Morgan fingerprint density at radius 1 is 1.53 bits per heavy atom. The quantitative estimate of drug-likeness (QED) is 0.777. The normalized spacial score (nSPS) is 22.5. The lowest BCUT2D eigenvalue weighted by Gasteiger charge is -2.30. The number of aromatic nitrogens is 1. The molecule has 1 fully saturated rings. The molecule has 17 heavy (non-hydrogen) atoms. The standard InChI is InChI=1S/C10H14N2O3S2/c1-8-11-6-10(16-8)17(14,15)12-5-3-2-4-9(12)7-13/h6-7,9H,2-5H2,1H3. The van der Waals surface area contributed by atoms with Crippen molar-refractivity contribution in [2.24, 2.45) is 0 Å². The summed E-state index contributed by atoms with van der Waals surface area (Å²) in [6, 6.07) is -0.517. The van der Waals surface area contributed by atoms with Crippen molar-refractivity contribution >= 4 is 27.6 Å². The summed E-state index contributed by atoms with van der Waals surface area (Å²) in [7, 11) is -3.54. The SMILES string of the molecule is Cc1ncc(S(=O)(=O)N2CCCCC2C=O)s1. The zero-order valence-corrected chi connectivity index (χ0v) is 11.1. The fourth-order valence-corrected chi connectivity index (χ4v) is 4.81. The van der Waals surface area contributed by atoms with E-state index in [4.69, 9.17) is 0 Å². The number of nitrogens with zero attached hydrogens (tertiary/aromatic N) is 2. The molecule has 0 saturated carbocycles. The van der Waals surface area contributed by atoms with Crippen molar-refractivity contribution in [1.29, 1.82) is 0 Å². The Morgan fingerprint density at radius 2 is 2.29 bits per heavy atom. The van der Waals surface area contributed by atoms with Crippen molar-refractivity contribution in [1.82, 2.24) is 9.29 Å². The minimum Gasteiger partial charge on any atom is -0.302 e. The summed E-state index contributed by atoms with van der Waals surface area (Å²) < 4.78 is 26.1. The second-order valence-corrected chi connectivity index (χ2v) is 7.37. The number of aldehydes is 1. The van der Waals surface area contributed by atoms with E-state index in [0.717, 1.165) is 30.5 Å². The van der Waals surface area contributed by atoms with Gasteiger partial charge in [-0.1, -0.05) is 6.42 Å². The molecule has 0 N–H and O–H groups in total. The van der Waals surface area contributed by atoms with E-state index in [1.165, 1.54) is 10.5 Å². The van der Waals surface area contributed by atoms with Crippen LogP contribution in [0.4, 0.5) is 0 Å². The van der Waals surface area contributed by atoms with Gasteiger partial charge in [0.15, 0.2) is 4.21 Å². The molecular weight excluding hydrogens is 260 g/mol. The first-order valence-corrected chi connectivity index (χ1v) is 7.71. The molecule has 2 rings (SSSR count). The highest BCUT2D eigenvalue weighted by Gasteiger charge is 2.34. The van der Waals surface area contributed by atoms with Gasteiger partial charge in [0, 0.05) is 6.54 Å². The van der Waals surface area contributed by atoms with Crippen molar-refractivity contribution in [3.05, 3.63) is 11.2 Å². The van der Waals surface area contributed by atoms with Crippen LogP contribution in [0.2, 0.25) is 0 Å². The van der Waals surface area contributed by atoms with Crippen molar-refractivity contribution in [2.75, 3.05) is 6.54 Å². The summed E-state index contributed by atoms with van der Waals surface area (Å²) in [6.07, 6.45) is 4.41. The maximum absolute atomic E-state index is 12.3. The molecule has 0 radical (unpaired) electrons. The van der Waals surface area contributed by atoms with Gasteiger partial charge in [0.25, 0.3) is 10.0 Å². The Kier molecular flexibility index (Phi) is 3.60. The summed E-state index contributed by atoms with van der Waals surface area (Å²) >= 11 is 1.14. The zero-order chi connectivity index (χ0) is 12.5. The predicted molar refractivity (Wildman–Crippen MR) is 64.4 cm³/mol. The summed E-state index contributed by atoms with van der Waals surface area (Å²) in [5, 5.41) is 0.711. The maximum atomic E-state index is 12.3. The molecule has 1 aliphatic rings. The van der Waals surface area contributed by atoms with E-state index < -0.39 is 16.1 Å².